The minimum absolute atomic E-state index is 0.128. The quantitative estimate of drug-likeness (QED) is 0.618. The Morgan fingerprint density at radius 1 is 1.36 bits per heavy atom. The molecule has 0 radical (unpaired) electrons. The standard InChI is InChI=1S/C14H23N3O4S/c1-13(2,3)21-12(18)16-14(4,5)9-15-7-10-6-11(17(19)20)22-8-10/h6,8,15H,7,9H2,1-5H3,(H,16,18). The summed E-state index contributed by atoms with van der Waals surface area (Å²) in [5.41, 5.74) is -0.183. The van der Waals surface area contributed by atoms with Crippen LogP contribution in [0, 0.1) is 10.1 Å². The summed E-state index contributed by atoms with van der Waals surface area (Å²) in [7, 11) is 0. The minimum atomic E-state index is -0.538. The highest BCUT2D eigenvalue weighted by Gasteiger charge is 2.24. The molecule has 1 aromatic heterocycles. The molecule has 8 heteroatoms. The van der Waals surface area contributed by atoms with E-state index in [1.165, 1.54) is 0 Å². The van der Waals surface area contributed by atoms with Crippen molar-refractivity contribution in [3.05, 3.63) is 27.1 Å². The molecule has 0 aliphatic rings. The first kappa shape index (κ1) is 18.4. The van der Waals surface area contributed by atoms with Crippen molar-refractivity contribution in [1.82, 2.24) is 10.6 Å². The van der Waals surface area contributed by atoms with Crippen LogP contribution in [0.2, 0.25) is 0 Å². The fourth-order valence-corrected chi connectivity index (χ4v) is 2.42. The molecule has 0 aliphatic heterocycles. The van der Waals surface area contributed by atoms with Gasteiger partial charge in [-0.1, -0.05) is 11.3 Å². The van der Waals surface area contributed by atoms with E-state index >= 15 is 0 Å². The topological polar surface area (TPSA) is 93.5 Å². The van der Waals surface area contributed by atoms with Crippen LogP contribution in [0.1, 0.15) is 40.2 Å². The van der Waals surface area contributed by atoms with Gasteiger partial charge in [0.15, 0.2) is 0 Å². The van der Waals surface area contributed by atoms with Gasteiger partial charge in [-0.15, -0.1) is 0 Å². The summed E-state index contributed by atoms with van der Waals surface area (Å²) < 4.78 is 5.22. The molecule has 0 bridgehead atoms. The average Bonchev–Trinajstić information content (AvgIpc) is 2.73. The Bertz CT molecular complexity index is 534. The highest BCUT2D eigenvalue weighted by molar-refractivity contribution is 7.13. The highest BCUT2D eigenvalue weighted by Crippen LogP contribution is 2.22. The van der Waals surface area contributed by atoms with E-state index in [-0.39, 0.29) is 5.00 Å². The van der Waals surface area contributed by atoms with E-state index in [0.29, 0.717) is 13.1 Å². The molecule has 1 rings (SSSR count). The zero-order chi connectivity index (χ0) is 17.0. The highest BCUT2D eigenvalue weighted by atomic mass is 32.1. The van der Waals surface area contributed by atoms with Crippen molar-refractivity contribution >= 4 is 22.4 Å². The maximum absolute atomic E-state index is 11.8. The second-order valence-corrected chi connectivity index (χ2v) is 7.55. The van der Waals surface area contributed by atoms with Gasteiger partial charge in [-0.2, -0.15) is 0 Å². The molecule has 1 amide bonds. The number of rotatable bonds is 6. The van der Waals surface area contributed by atoms with Crippen molar-refractivity contribution in [2.24, 2.45) is 0 Å². The van der Waals surface area contributed by atoms with Crippen molar-refractivity contribution in [2.45, 2.75) is 52.3 Å². The van der Waals surface area contributed by atoms with Crippen LogP contribution in [0.4, 0.5) is 9.80 Å². The largest absolute Gasteiger partial charge is 0.444 e. The van der Waals surface area contributed by atoms with Crippen LogP contribution in [-0.4, -0.2) is 28.7 Å². The van der Waals surface area contributed by atoms with Crippen molar-refractivity contribution in [1.29, 1.82) is 0 Å². The van der Waals surface area contributed by atoms with Gasteiger partial charge in [0.2, 0.25) is 0 Å². The Morgan fingerprint density at radius 3 is 2.50 bits per heavy atom. The summed E-state index contributed by atoms with van der Waals surface area (Å²) in [5.74, 6) is 0. The number of carbonyl (C=O) groups is 1. The van der Waals surface area contributed by atoms with Gasteiger partial charge in [-0.25, -0.2) is 4.79 Å². The first-order valence-electron chi connectivity index (χ1n) is 6.92. The van der Waals surface area contributed by atoms with Gasteiger partial charge >= 0.3 is 11.1 Å². The van der Waals surface area contributed by atoms with E-state index in [1.54, 1.807) is 32.2 Å². The van der Waals surface area contributed by atoms with Crippen LogP contribution < -0.4 is 10.6 Å². The molecule has 0 spiro atoms. The van der Waals surface area contributed by atoms with Gasteiger partial charge in [0, 0.05) is 24.5 Å². The van der Waals surface area contributed by atoms with Crippen molar-refractivity contribution < 1.29 is 14.5 Å². The Balaban J connectivity index is 2.41. The molecule has 0 fully saturated rings. The third-order valence-corrected chi connectivity index (χ3v) is 3.48. The van der Waals surface area contributed by atoms with Crippen molar-refractivity contribution in [2.75, 3.05) is 6.54 Å². The third-order valence-electron chi connectivity index (χ3n) is 2.56. The molecule has 0 atom stereocenters. The van der Waals surface area contributed by atoms with Gasteiger partial charge < -0.3 is 15.4 Å². The second kappa shape index (κ2) is 7.06. The number of alkyl carbamates (subject to hydrolysis) is 1. The smallest absolute Gasteiger partial charge is 0.408 e. The molecule has 2 N–H and O–H groups in total. The molecule has 0 unspecified atom stereocenters. The number of amides is 1. The van der Waals surface area contributed by atoms with Gasteiger partial charge in [0.1, 0.15) is 5.60 Å². The monoisotopic (exact) mass is 329 g/mol. The first-order chi connectivity index (χ1) is 9.98. The van der Waals surface area contributed by atoms with E-state index in [4.69, 9.17) is 4.74 Å². The van der Waals surface area contributed by atoms with Crippen LogP contribution in [-0.2, 0) is 11.3 Å². The van der Waals surface area contributed by atoms with Crippen LogP contribution in [0.25, 0.3) is 0 Å². The summed E-state index contributed by atoms with van der Waals surface area (Å²) in [6, 6.07) is 1.55. The SMILES string of the molecule is CC(C)(CNCc1csc([N+](=O)[O-])c1)NC(=O)OC(C)(C)C. The zero-order valence-electron chi connectivity index (χ0n) is 13.6. The third kappa shape index (κ3) is 6.86. The Morgan fingerprint density at radius 2 is 2.00 bits per heavy atom. The molecule has 1 heterocycles. The lowest BCUT2D eigenvalue weighted by atomic mass is 10.1. The van der Waals surface area contributed by atoms with Crippen LogP contribution in [0.15, 0.2) is 11.4 Å². The fourth-order valence-electron chi connectivity index (χ4n) is 1.69. The summed E-state index contributed by atoms with van der Waals surface area (Å²) in [6.45, 7) is 10.2. The van der Waals surface area contributed by atoms with E-state index in [2.05, 4.69) is 10.6 Å². The van der Waals surface area contributed by atoms with E-state index in [0.717, 1.165) is 16.9 Å². The first-order valence-corrected chi connectivity index (χ1v) is 7.80. The molecule has 0 aromatic carbocycles. The van der Waals surface area contributed by atoms with E-state index < -0.39 is 22.2 Å². The number of ether oxygens (including phenoxy) is 1. The van der Waals surface area contributed by atoms with Gasteiger partial charge in [0.25, 0.3) is 0 Å². The number of hydrogen-bond acceptors (Lipinski definition) is 6. The Labute approximate surface area is 134 Å². The fraction of sp³-hybridized carbons (Fsp3) is 0.643. The summed E-state index contributed by atoms with van der Waals surface area (Å²) in [6.07, 6.45) is -0.467. The molecule has 0 saturated heterocycles. The van der Waals surface area contributed by atoms with Crippen LogP contribution >= 0.6 is 11.3 Å². The lowest BCUT2D eigenvalue weighted by molar-refractivity contribution is -0.380. The lowest BCUT2D eigenvalue weighted by Crippen LogP contribution is -2.51. The van der Waals surface area contributed by atoms with Gasteiger partial charge in [-0.05, 0) is 40.2 Å². The number of carbonyl (C=O) groups excluding carboxylic acids is 1. The molecular weight excluding hydrogens is 306 g/mol. The Kier molecular flexibility index (Phi) is 5.90. The minimum Gasteiger partial charge on any atom is -0.444 e. The predicted molar refractivity (Wildman–Crippen MR) is 86.1 cm³/mol. The second-order valence-electron chi connectivity index (χ2n) is 6.66. The number of hydrogen-bond donors (Lipinski definition) is 2. The molecule has 1 aromatic rings. The van der Waals surface area contributed by atoms with Gasteiger partial charge in [-0.3, -0.25) is 10.1 Å². The summed E-state index contributed by atoms with van der Waals surface area (Å²) in [5, 5.41) is 18.5. The molecule has 7 nitrogen and oxygen atoms in total. The number of nitro groups is 1. The van der Waals surface area contributed by atoms with E-state index in [9.17, 15) is 14.9 Å². The number of nitrogens with one attached hydrogen (secondary N) is 2. The molecular formula is C14H23N3O4S. The summed E-state index contributed by atoms with van der Waals surface area (Å²) >= 11 is 1.10. The maximum Gasteiger partial charge on any atom is 0.408 e. The zero-order valence-corrected chi connectivity index (χ0v) is 14.4. The summed E-state index contributed by atoms with van der Waals surface area (Å²) in [4.78, 5) is 22.0. The Hall–Kier alpha value is -1.67. The number of nitrogens with zero attached hydrogens (tertiary/aromatic N) is 1. The predicted octanol–water partition coefficient (Wildman–Crippen LogP) is 3.05. The lowest BCUT2D eigenvalue weighted by Gasteiger charge is -2.28. The normalized spacial score (nSPS) is 12.0. The van der Waals surface area contributed by atoms with Crippen molar-refractivity contribution in [3.8, 4) is 0 Å². The number of thiophene rings is 1. The average molecular weight is 329 g/mol. The maximum atomic E-state index is 11.8. The molecule has 22 heavy (non-hydrogen) atoms. The van der Waals surface area contributed by atoms with Crippen LogP contribution in [0.3, 0.4) is 0 Å². The van der Waals surface area contributed by atoms with Gasteiger partial charge in [0.05, 0.1) is 10.5 Å². The van der Waals surface area contributed by atoms with E-state index in [1.807, 2.05) is 13.8 Å². The molecule has 0 saturated carbocycles. The molecule has 124 valence electrons. The van der Waals surface area contributed by atoms with Crippen molar-refractivity contribution in [3.63, 3.8) is 0 Å². The molecule has 0 aliphatic carbocycles. The van der Waals surface area contributed by atoms with Crippen LogP contribution in [0.5, 0.6) is 0 Å².